The summed E-state index contributed by atoms with van der Waals surface area (Å²) in [6, 6.07) is 10.7. The van der Waals surface area contributed by atoms with Gasteiger partial charge in [0.1, 0.15) is 0 Å². The average Bonchev–Trinajstić information content (AvgIpc) is 2.34. The van der Waals surface area contributed by atoms with Crippen molar-refractivity contribution in [1.29, 1.82) is 0 Å². The zero-order valence-corrected chi connectivity index (χ0v) is 14.3. The molecule has 0 amide bonds. The molecular weight excluding hydrogens is 351 g/mol. The number of nitrogens with two attached hydrogens (primary N) is 1. The maximum atomic E-state index is 5.73. The van der Waals surface area contributed by atoms with E-state index in [2.05, 4.69) is 46.5 Å². The van der Waals surface area contributed by atoms with Crippen molar-refractivity contribution >= 4 is 35.6 Å². The Kier molecular flexibility index (Phi) is 9.38. The Morgan fingerprint density at radius 1 is 1.32 bits per heavy atom. The van der Waals surface area contributed by atoms with Gasteiger partial charge in [-0.1, -0.05) is 18.2 Å². The fourth-order valence-corrected chi connectivity index (χ4v) is 1.66. The van der Waals surface area contributed by atoms with Gasteiger partial charge in [0.2, 0.25) is 0 Å². The first-order valence-electron chi connectivity index (χ1n) is 6.42. The Hall–Kier alpha value is -0.980. The standard InChI is InChI=1S/C14H24N4.HI/c1-12(2)17-14(15)16-10-7-11-18(3)13-8-5-4-6-9-13;/h4-6,8-9,12H,7,10-11H2,1-3H3,(H3,15,16,17);1H. The number of para-hydroxylation sites is 1. The monoisotopic (exact) mass is 376 g/mol. The van der Waals surface area contributed by atoms with Crippen LogP contribution in [0, 0.1) is 0 Å². The number of halogens is 1. The lowest BCUT2D eigenvalue weighted by atomic mass is 10.3. The topological polar surface area (TPSA) is 53.6 Å². The summed E-state index contributed by atoms with van der Waals surface area (Å²) in [6.45, 7) is 5.82. The van der Waals surface area contributed by atoms with Gasteiger partial charge in [0, 0.05) is 31.9 Å². The Balaban J connectivity index is 0.00000324. The van der Waals surface area contributed by atoms with Gasteiger partial charge in [-0.25, -0.2) is 0 Å². The first-order chi connectivity index (χ1) is 8.59. The van der Waals surface area contributed by atoms with Crippen molar-refractivity contribution in [3.05, 3.63) is 30.3 Å². The van der Waals surface area contributed by atoms with E-state index in [1.165, 1.54) is 5.69 Å². The molecule has 0 fully saturated rings. The summed E-state index contributed by atoms with van der Waals surface area (Å²) in [4.78, 5) is 6.51. The Morgan fingerprint density at radius 2 is 1.95 bits per heavy atom. The number of hydrogen-bond acceptors (Lipinski definition) is 2. The Labute approximate surface area is 133 Å². The molecule has 0 aliphatic carbocycles. The second-order valence-corrected chi connectivity index (χ2v) is 4.68. The van der Waals surface area contributed by atoms with Crippen LogP contribution in [0.3, 0.4) is 0 Å². The summed E-state index contributed by atoms with van der Waals surface area (Å²) in [7, 11) is 2.09. The number of aliphatic imine (C=N–C) groups is 1. The number of guanidine groups is 1. The number of rotatable bonds is 6. The van der Waals surface area contributed by atoms with E-state index in [1.54, 1.807) is 0 Å². The van der Waals surface area contributed by atoms with Crippen molar-refractivity contribution in [1.82, 2.24) is 5.32 Å². The summed E-state index contributed by atoms with van der Waals surface area (Å²) in [5.74, 6) is 0.535. The highest BCUT2D eigenvalue weighted by Crippen LogP contribution is 2.10. The SMILES string of the molecule is CC(C)NC(N)=NCCCN(C)c1ccccc1.I. The molecule has 1 rings (SSSR count). The number of hydrogen-bond donors (Lipinski definition) is 2. The molecule has 1 aromatic carbocycles. The molecule has 0 aromatic heterocycles. The van der Waals surface area contributed by atoms with Crippen LogP contribution in [-0.4, -0.2) is 32.1 Å². The van der Waals surface area contributed by atoms with E-state index < -0.39 is 0 Å². The Morgan fingerprint density at radius 3 is 2.53 bits per heavy atom. The summed E-state index contributed by atoms with van der Waals surface area (Å²) in [5.41, 5.74) is 6.96. The van der Waals surface area contributed by atoms with Crippen LogP contribution < -0.4 is 16.0 Å². The molecule has 19 heavy (non-hydrogen) atoms. The van der Waals surface area contributed by atoms with Gasteiger partial charge in [0.25, 0.3) is 0 Å². The van der Waals surface area contributed by atoms with Gasteiger partial charge >= 0.3 is 0 Å². The fraction of sp³-hybridized carbons (Fsp3) is 0.500. The minimum Gasteiger partial charge on any atom is -0.375 e. The lowest BCUT2D eigenvalue weighted by molar-refractivity contribution is 0.718. The maximum Gasteiger partial charge on any atom is 0.188 e. The van der Waals surface area contributed by atoms with Crippen molar-refractivity contribution in [2.24, 2.45) is 10.7 Å². The number of nitrogens with one attached hydrogen (secondary N) is 1. The molecule has 0 aliphatic heterocycles. The number of nitrogens with zero attached hydrogens (tertiary/aromatic N) is 2. The largest absolute Gasteiger partial charge is 0.375 e. The predicted molar refractivity (Wildman–Crippen MR) is 94.5 cm³/mol. The summed E-state index contributed by atoms with van der Waals surface area (Å²) in [6.07, 6.45) is 0.992. The smallest absolute Gasteiger partial charge is 0.188 e. The van der Waals surface area contributed by atoms with Gasteiger partial charge in [0.15, 0.2) is 5.96 Å². The van der Waals surface area contributed by atoms with Gasteiger partial charge in [-0.15, -0.1) is 24.0 Å². The number of anilines is 1. The molecule has 5 heteroatoms. The summed E-state index contributed by atoms with van der Waals surface area (Å²) < 4.78 is 0. The van der Waals surface area contributed by atoms with Crippen molar-refractivity contribution in [3.8, 4) is 0 Å². The van der Waals surface area contributed by atoms with Gasteiger partial charge < -0.3 is 16.0 Å². The molecule has 0 saturated carbocycles. The minimum atomic E-state index is 0. The molecule has 0 spiro atoms. The van der Waals surface area contributed by atoms with Gasteiger partial charge in [-0.3, -0.25) is 4.99 Å². The van der Waals surface area contributed by atoms with E-state index in [1.807, 2.05) is 19.9 Å². The molecule has 0 heterocycles. The molecule has 1 aromatic rings. The first kappa shape index (κ1) is 18.0. The Bertz CT molecular complexity index is 365. The van der Waals surface area contributed by atoms with Crippen LogP contribution in [0.15, 0.2) is 35.3 Å². The van der Waals surface area contributed by atoms with Crippen LogP contribution in [0.2, 0.25) is 0 Å². The molecule has 0 radical (unpaired) electrons. The second-order valence-electron chi connectivity index (χ2n) is 4.68. The van der Waals surface area contributed by atoms with Crippen LogP contribution in [-0.2, 0) is 0 Å². The van der Waals surface area contributed by atoms with E-state index in [0.717, 1.165) is 19.5 Å². The van der Waals surface area contributed by atoms with Crippen molar-refractivity contribution in [2.75, 3.05) is 25.0 Å². The zero-order valence-electron chi connectivity index (χ0n) is 12.0. The van der Waals surface area contributed by atoms with Crippen LogP contribution in [0.1, 0.15) is 20.3 Å². The minimum absolute atomic E-state index is 0. The van der Waals surface area contributed by atoms with Gasteiger partial charge in [0.05, 0.1) is 0 Å². The quantitative estimate of drug-likeness (QED) is 0.347. The third-order valence-corrected chi connectivity index (χ3v) is 2.57. The third kappa shape index (κ3) is 7.92. The average molecular weight is 376 g/mol. The summed E-state index contributed by atoms with van der Waals surface area (Å²) >= 11 is 0. The second kappa shape index (κ2) is 9.89. The molecule has 0 bridgehead atoms. The van der Waals surface area contributed by atoms with Crippen molar-refractivity contribution < 1.29 is 0 Å². The molecular formula is C14H25IN4. The van der Waals surface area contributed by atoms with Gasteiger partial charge in [-0.2, -0.15) is 0 Å². The molecule has 0 atom stereocenters. The van der Waals surface area contributed by atoms with Gasteiger partial charge in [-0.05, 0) is 32.4 Å². The normalized spacial score (nSPS) is 11.1. The van der Waals surface area contributed by atoms with E-state index in [4.69, 9.17) is 5.73 Å². The molecule has 3 N–H and O–H groups in total. The third-order valence-electron chi connectivity index (χ3n) is 2.57. The first-order valence-corrected chi connectivity index (χ1v) is 6.42. The van der Waals surface area contributed by atoms with E-state index in [9.17, 15) is 0 Å². The van der Waals surface area contributed by atoms with Crippen molar-refractivity contribution in [3.63, 3.8) is 0 Å². The molecule has 0 unspecified atom stereocenters. The lowest BCUT2D eigenvalue weighted by Crippen LogP contribution is -2.36. The van der Waals surface area contributed by atoms with Crippen LogP contribution in [0.4, 0.5) is 5.69 Å². The summed E-state index contributed by atoms with van der Waals surface area (Å²) in [5, 5.41) is 3.08. The van der Waals surface area contributed by atoms with E-state index in [0.29, 0.717) is 12.0 Å². The molecule has 108 valence electrons. The highest BCUT2D eigenvalue weighted by atomic mass is 127. The van der Waals surface area contributed by atoms with Crippen LogP contribution >= 0.6 is 24.0 Å². The van der Waals surface area contributed by atoms with Crippen LogP contribution in [0.25, 0.3) is 0 Å². The highest BCUT2D eigenvalue weighted by molar-refractivity contribution is 14.0. The maximum absolute atomic E-state index is 5.73. The lowest BCUT2D eigenvalue weighted by Gasteiger charge is -2.18. The van der Waals surface area contributed by atoms with Crippen molar-refractivity contribution in [2.45, 2.75) is 26.3 Å². The molecule has 0 saturated heterocycles. The van der Waals surface area contributed by atoms with Crippen LogP contribution in [0.5, 0.6) is 0 Å². The fourth-order valence-electron chi connectivity index (χ4n) is 1.66. The molecule has 4 nitrogen and oxygen atoms in total. The predicted octanol–water partition coefficient (Wildman–Crippen LogP) is 2.44. The molecule has 0 aliphatic rings. The van der Waals surface area contributed by atoms with E-state index in [-0.39, 0.29) is 24.0 Å². The highest BCUT2D eigenvalue weighted by Gasteiger charge is 1.99. The van der Waals surface area contributed by atoms with E-state index >= 15 is 0 Å². The zero-order chi connectivity index (χ0) is 13.4. The number of benzene rings is 1.